The average Bonchev–Trinajstić information content (AvgIpc) is 3.28. The fourth-order valence-corrected chi connectivity index (χ4v) is 4.49. The number of halogens is 2. The number of rotatable bonds is 6. The van der Waals surface area contributed by atoms with Crippen molar-refractivity contribution in [1.29, 1.82) is 0 Å². The van der Waals surface area contributed by atoms with Gasteiger partial charge in [-0.3, -0.25) is 19.0 Å². The van der Waals surface area contributed by atoms with E-state index in [2.05, 4.69) is 4.98 Å². The Labute approximate surface area is 186 Å². The van der Waals surface area contributed by atoms with Crippen molar-refractivity contribution in [3.8, 4) is 5.75 Å². The molecular formula is C21H21F2N3O5S. The van der Waals surface area contributed by atoms with E-state index >= 15 is 0 Å². The van der Waals surface area contributed by atoms with E-state index in [1.54, 1.807) is 6.92 Å². The van der Waals surface area contributed by atoms with Gasteiger partial charge in [-0.15, -0.1) is 0 Å². The van der Waals surface area contributed by atoms with Crippen molar-refractivity contribution in [2.45, 2.75) is 31.1 Å². The Morgan fingerprint density at radius 1 is 1.28 bits per heavy atom. The fraction of sp³-hybridized carbons (Fsp3) is 0.429. The van der Waals surface area contributed by atoms with E-state index in [1.807, 2.05) is 0 Å². The maximum Gasteiger partial charge on any atom is 0.267 e. The van der Waals surface area contributed by atoms with Crippen LogP contribution >= 0.6 is 11.8 Å². The molecular weight excluding hydrogens is 444 g/mol. The van der Waals surface area contributed by atoms with Crippen molar-refractivity contribution < 1.29 is 27.8 Å². The molecule has 2 aliphatic rings. The number of nitrogens with zero attached hydrogens (tertiary/aromatic N) is 3. The standard InChI is InChI=1S/C21H21F2N3O5S/c1-2-17(27)12-7-15(22)18(16(23)8-12)31-11-13-10-25(3-5-30-13)19(28)14-9-24-21-26(20(14)29)4-6-32-21/h7-9,13H,2-6,10-11H2,1H3. The molecule has 1 aromatic heterocycles. The first-order chi connectivity index (χ1) is 15.4. The Morgan fingerprint density at radius 2 is 2.03 bits per heavy atom. The third-order valence-electron chi connectivity index (χ3n) is 5.27. The van der Waals surface area contributed by atoms with Gasteiger partial charge in [-0.05, 0) is 12.1 Å². The van der Waals surface area contributed by atoms with E-state index in [9.17, 15) is 23.2 Å². The first-order valence-corrected chi connectivity index (χ1v) is 11.2. The molecule has 32 heavy (non-hydrogen) atoms. The molecule has 11 heteroatoms. The van der Waals surface area contributed by atoms with Crippen molar-refractivity contribution in [1.82, 2.24) is 14.5 Å². The van der Waals surface area contributed by atoms with Crippen molar-refractivity contribution in [2.75, 3.05) is 32.1 Å². The number of amides is 1. The van der Waals surface area contributed by atoms with Gasteiger partial charge in [-0.2, -0.15) is 0 Å². The summed E-state index contributed by atoms with van der Waals surface area (Å²) in [6, 6.07) is 1.88. The van der Waals surface area contributed by atoms with E-state index in [-0.39, 0.29) is 55.2 Å². The van der Waals surface area contributed by atoms with Crippen LogP contribution in [0.5, 0.6) is 5.75 Å². The number of hydrogen-bond acceptors (Lipinski definition) is 7. The van der Waals surface area contributed by atoms with Crippen LogP contribution in [0.15, 0.2) is 28.3 Å². The molecule has 0 spiro atoms. The van der Waals surface area contributed by atoms with Gasteiger partial charge in [0, 0.05) is 37.0 Å². The first kappa shape index (κ1) is 22.4. The number of ether oxygens (including phenoxy) is 2. The Kier molecular flexibility index (Phi) is 6.56. The van der Waals surface area contributed by atoms with Gasteiger partial charge in [0.1, 0.15) is 18.3 Å². The second-order valence-electron chi connectivity index (χ2n) is 7.36. The molecule has 0 radical (unpaired) electrons. The highest BCUT2D eigenvalue weighted by Crippen LogP contribution is 2.25. The number of aromatic nitrogens is 2. The van der Waals surface area contributed by atoms with Crippen LogP contribution in [0.2, 0.25) is 0 Å². The molecule has 1 fully saturated rings. The smallest absolute Gasteiger partial charge is 0.267 e. The Morgan fingerprint density at radius 3 is 2.75 bits per heavy atom. The number of carbonyl (C=O) groups is 2. The lowest BCUT2D eigenvalue weighted by atomic mass is 10.1. The SMILES string of the molecule is CCC(=O)c1cc(F)c(OCC2CN(C(=O)c3cnc4n(c3=O)CCS4)CCO2)c(F)c1. The third kappa shape index (κ3) is 4.40. The van der Waals surface area contributed by atoms with Crippen LogP contribution in [0.4, 0.5) is 8.78 Å². The zero-order chi connectivity index (χ0) is 22.8. The van der Waals surface area contributed by atoms with E-state index in [1.165, 1.54) is 27.4 Å². The minimum absolute atomic E-state index is 0.0221. The average molecular weight is 465 g/mol. The molecule has 8 nitrogen and oxygen atoms in total. The monoisotopic (exact) mass is 465 g/mol. The summed E-state index contributed by atoms with van der Waals surface area (Å²) in [5, 5.41) is 0.593. The number of morpholine rings is 1. The van der Waals surface area contributed by atoms with Crippen molar-refractivity contribution >= 4 is 23.5 Å². The Balaban J connectivity index is 1.43. The molecule has 1 atom stereocenters. The van der Waals surface area contributed by atoms with Gasteiger partial charge in [0.05, 0.1) is 13.2 Å². The molecule has 1 aromatic carbocycles. The number of hydrogen-bond donors (Lipinski definition) is 0. The summed E-state index contributed by atoms with van der Waals surface area (Å²) >= 11 is 1.46. The second-order valence-corrected chi connectivity index (χ2v) is 8.42. The highest BCUT2D eigenvalue weighted by molar-refractivity contribution is 7.99. The summed E-state index contributed by atoms with van der Waals surface area (Å²) in [7, 11) is 0. The van der Waals surface area contributed by atoms with E-state index < -0.39 is 29.4 Å². The third-order valence-corrected chi connectivity index (χ3v) is 6.24. The minimum atomic E-state index is -0.986. The highest BCUT2D eigenvalue weighted by Gasteiger charge is 2.29. The van der Waals surface area contributed by atoms with Gasteiger partial charge >= 0.3 is 0 Å². The lowest BCUT2D eigenvalue weighted by molar-refractivity contribution is -0.0411. The maximum absolute atomic E-state index is 14.3. The van der Waals surface area contributed by atoms with E-state index in [0.717, 1.165) is 17.9 Å². The quantitative estimate of drug-likeness (QED) is 0.477. The van der Waals surface area contributed by atoms with Gasteiger partial charge in [0.15, 0.2) is 28.3 Å². The number of fused-ring (bicyclic) bond motifs is 1. The predicted octanol–water partition coefficient (Wildman–Crippen LogP) is 2.14. The highest BCUT2D eigenvalue weighted by atomic mass is 32.2. The molecule has 3 heterocycles. The topological polar surface area (TPSA) is 90.7 Å². The minimum Gasteiger partial charge on any atom is -0.485 e. The van der Waals surface area contributed by atoms with Crippen LogP contribution in [0, 0.1) is 11.6 Å². The fourth-order valence-electron chi connectivity index (χ4n) is 3.58. The van der Waals surface area contributed by atoms with E-state index in [0.29, 0.717) is 11.7 Å². The lowest BCUT2D eigenvalue weighted by Crippen LogP contribution is -2.49. The molecule has 2 aromatic rings. The van der Waals surface area contributed by atoms with Crippen LogP contribution in [-0.4, -0.2) is 64.3 Å². The number of benzene rings is 1. The summed E-state index contributed by atoms with van der Waals surface area (Å²) < 4.78 is 40.9. The molecule has 170 valence electrons. The molecule has 0 bridgehead atoms. The molecule has 2 aliphatic heterocycles. The molecule has 0 aliphatic carbocycles. The summed E-state index contributed by atoms with van der Waals surface area (Å²) in [5.74, 6) is -2.69. The van der Waals surface area contributed by atoms with Crippen molar-refractivity contribution in [2.24, 2.45) is 0 Å². The van der Waals surface area contributed by atoms with Gasteiger partial charge in [0.25, 0.3) is 11.5 Å². The summed E-state index contributed by atoms with van der Waals surface area (Å²) in [6.45, 7) is 2.43. The zero-order valence-electron chi connectivity index (χ0n) is 17.3. The molecule has 4 rings (SSSR count). The predicted molar refractivity (Wildman–Crippen MR) is 111 cm³/mol. The Hall–Kier alpha value is -2.79. The van der Waals surface area contributed by atoms with Crippen LogP contribution in [0.3, 0.4) is 0 Å². The van der Waals surface area contributed by atoms with Crippen LogP contribution < -0.4 is 10.3 Å². The van der Waals surface area contributed by atoms with Crippen LogP contribution in [0.1, 0.15) is 34.1 Å². The van der Waals surface area contributed by atoms with Crippen LogP contribution in [-0.2, 0) is 11.3 Å². The lowest BCUT2D eigenvalue weighted by Gasteiger charge is -2.32. The van der Waals surface area contributed by atoms with Gasteiger partial charge < -0.3 is 14.4 Å². The second kappa shape index (κ2) is 9.37. The number of carbonyl (C=O) groups excluding carboxylic acids is 2. The molecule has 0 N–H and O–H groups in total. The molecule has 1 saturated heterocycles. The summed E-state index contributed by atoms with van der Waals surface area (Å²) in [5.41, 5.74) is -0.464. The molecule has 1 amide bonds. The maximum atomic E-state index is 14.3. The Bertz CT molecular complexity index is 1100. The number of ketones is 1. The molecule has 0 saturated carbocycles. The molecule has 1 unspecified atom stereocenters. The van der Waals surface area contributed by atoms with Crippen LogP contribution in [0.25, 0.3) is 0 Å². The number of thioether (sulfide) groups is 1. The van der Waals surface area contributed by atoms with Gasteiger partial charge in [-0.25, -0.2) is 13.8 Å². The summed E-state index contributed by atoms with van der Waals surface area (Å²) in [4.78, 5) is 42.8. The summed E-state index contributed by atoms with van der Waals surface area (Å²) in [6.07, 6.45) is 0.768. The normalized spacial score (nSPS) is 17.8. The van der Waals surface area contributed by atoms with Gasteiger partial charge in [0.2, 0.25) is 0 Å². The van der Waals surface area contributed by atoms with E-state index in [4.69, 9.17) is 9.47 Å². The van der Waals surface area contributed by atoms with Crippen molar-refractivity contribution in [3.05, 3.63) is 51.4 Å². The number of Topliss-reactive ketones (excluding diaryl/α,β-unsaturated/α-hetero) is 1. The van der Waals surface area contributed by atoms with Crippen molar-refractivity contribution in [3.63, 3.8) is 0 Å². The van der Waals surface area contributed by atoms with Gasteiger partial charge in [-0.1, -0.05) is 18.7 Å². The zero-order valence-corrected chi connectivity index (χ0v) is 18.1. The first-order valence-electron chi connectivity index (χ1n) is 10.2. The largest absolute Gasteiger partial charge is 0.485 e.